The third kappa shape index (κ3) is 2.51. The summed E-state index contributed by atoms with van der Waals surface area (Å²) in [6, 6.07) is 5.92. The van der Waals surface area contributed by atoms with Gasteiger partial charge in [-0.3, -0.25) is 9.89 Å². The Morgan fingerprint density at radius 2 is 2.20 bits per heavy atom. The van der Waals surface area contributed by atoms with Crippen LogP contribution in [0.4, 0.5) is 0 Å². The number of rotatable bonds is 3. The van der Waals surface area contributed by atoms with E-state index in [0.29, 0.717) is 17.5 Å². The van der Waals surface area contributed by atoms with Crippen LogP contribution in [0, 0.1) is 5.92 Å². The number of nitrogens with one attached hydrogen (secondary N) is 2. The first-order chi connectivity index (χ1) is 12.3. The molecule has 0 unspecified atom stereocenters. The first-order valence-corrected chi connectivity index (χ1v) is 8.69. The third-order valence-corrected chi connectivity index (χ3v) is 5.43. The van der Waals surface area contributed by atoms with Crippen molar-refractivity contribution in [2.24, 2.45) is 5.92 Å². The van der Waals surface area contributed by atoms with Crippen molar-refractivity contribution in [1.82, 2.24) is 25.4 Å². The highest BCUT2D eigenvalue weighted by molar-refractivity contribution is 6.05. The zero-order valence-electron chi connectivity index (χ0n) is 13.7. The Bertz CT molecular complexity index is 909. The molecule has 0 radical (unpaired) electrons. The van der Waals surface area contributed by atoms with Crippen LogP contribution in [0.5, 0.6) is 0 Å². The summed E-state index contributed by atoms with van der Waals surface area (Å²) in [5.41, 5.74) is 2.09. The number of amides is 1. The van der Waals surface area contributed by atoms with E-state index in [1.807, 2.05) is 18.2 Å². The number of carbonyl (C=O) groups excluding carboxylic acids is 1. The van der Waals surface area contributed by atoms with Crippen LogP contribution >= 0.6 is 0 Å². The molecule has 128 valence electrons. The van der Waals surface area contributed by atoms with Gasteiger partial charge in [0.2, 0.25) is 5.89 Å². The minimum Gasteiger partial charge on any atom is -0.445 e. The first-order valence-electron chi connectivity index (χ1n) is 8.69. The van der Waals surface area contributed by atoms with Crippen molar-refractivity contribution >= 4 is 16.8 Å². The van der Waals surface area contributed by atoms with E-state index in [2.05, 4.69) is 25.4 Å². The Morgan fingerprint density at radius 3 is 2.92 bits per heavy atom. The van der Waals surface area contributed by atoms with Crippen LogP contribution in [0.15, 0.2) is 35.1 Å². The van der Waals surface area contributed by atoms with Gasteiger partial charge in [-0.1, -0.05) is 0 Å². The smallest absolute Gasteiger partial charge is 0.272 e. The number of fused-ring (bicyclic) bond motifs is 4. The lowest BCUT2D eigenvalue weighted by atomic mass is 9.84. The van der Waals surface area contributed by atoms with Crippen LogP contribution in [0.2, 0.25) is 0 Å². The Morgan fingerprint density at radius 1 is 1.32 bits per heavy atom. The van der Waals surface area contributed by atoms with E-state index in [1.165, 1.54) is 19.1 Å². The number of benzene rings is 1. The monoisotopic (exact) mass is 337 g/mol. The van der Waals surface area contributed by atoms with Crippen molar-refractivity contribution in [2.75, 3.05) is 19.6 Å². The van der Waals surface area contributed by atoms with Gasteiger partial charge in [0.25, 0.3) is 5.91 Å². The highest BCUT2D eigenvalue weighted by Gasteiger charge is 2.35. The molecule has 3 aliphatic heterocycles. The first kappa shape index (κ1) is 14.7. The maximum absolute atomic E-state index is 12.8. The lowest BCUT2D eigenvalue weighted by molar-refractivity contribution is 0.0618. The highest BCUT2D eigenvalue weighted by atomic mass is 16.3. The Balaban J connectivity index is 1.44. The molecule has 2 N–H and O–H groups in total. The van der Waals surface area contributed by atoms with Crippen molar-refractivity contribution < 1.29 is 9.21 Å². The summed E-state index contributed by atoms with van der Waals surface area (Å²) in [4.78, 5) is 19.4. The number of nitrogens with zero attached hydrogens (tertiary/aromatic N) is 3. The van der Waals surface area contributed by atoms with E-state index in [4.69, 9.17) is 4.42 Å². The van der Waals surface area contributed by atoms with Gasteiger partial charge < -0.3 is 14.6 Å². The maximum atomic E-state index is 12.8. The van der Waals surface area contributed by atoms with Gasteiger partial charge in [0.1, 0.15) is 6.26 Å². The normalized spacial score (nSPS) is 25.4. The Labute approximate surface area is 144 Å². The maximum Gasteiger partial charge on any atom is 0.272 e. The molecule has 2 bridgehead atoms. The summed E-state index contributed by atoms with van der Waals surface area (Å²) >= 11 is 0. The molecule has 0 saturated carbocycles. The third-order valence-electron chi connectivity index (χ3n) is 5.43. The SMILES string of the molecule is O=C(N[C@H]1CN2CCC1CC2)c1n[nH]c2ccc(-c3ncco3)cc12. The van der Waals surface area contributed by atoms with E-state index in [0.717, 1.165) is 36.1 Å². The van der Waals surface area contributed by atoms with Crippen LogP contribution in [-0.2, 0) is 0 Å². The largest absolute Gasteiger partial charge is 0.445 e. The van der Waals surface area contributed by atoms with Crippen LogP contribution in [0.25, 0.3) is 22.4 Å². The molecule has 6 rings (SSSR count). The number of hydrogen-bond acceptors (Lipinski definition) is 5. The quantitative estimate of drug-likeness (QED) is 0.764. The molecule has 3 fully saturated rings. The van der Waals surface area contributed by atoms with Crippen molar-refractivity contribution in [3.8, 4) is 11.5 Å². The zero-order chi connectivity index (χ0) is 16.8. The fraction of sp³-hybridized carbons (Fsp3) is 0.389. The Kier molecular flexibility index (Phi) is 3.34. The molecule has 7 heteroatoms. The minimum atomic E-state index is -0.116. The number of aromatic amines is 1. The van der Waals surface area contributed by atoms with Gasteiger partial charge in [-0.2, -0.15) is 5.10 Å². The average Bonchev–Trinajstić information content (AvgIpc) is 3.32. The highest BCUT2D eigenvalue weighted by Crippen LogP contribution is 2.28. The Hall–Kier alpha value is -2.67. The molecule has 0 spiro atoms. The molecule has 3 saturated heterocycles. The molecule has 7 nitrogen and oxygen atoms in total. The standard InChI is InChI=1S/C18H19N5O2/c24-17(20-15-10-23-6-3-11(15)4-7-23)16-13-9-12(18-19-5-8-25-18)1-2-14(13)21-22-16/h1-2,5,8-9,11,15H,3-4,6-7,10H2,(H,20,24)(H,21,22)/t15-/m0/s1. The van der Waals surface area contributed by atoms with Crippen molar-refractivity contribution in [2.45, 2.75) is 18.9 Å². The summed E-state index contributed by atoms with van der Waals surface area (Å²) in [7, 11) is 0. The second-order valence-electron chi connectivity index (χ2n) is 6.89. The van der Waals surface area contributed by atoms with E-state index in [9.17, 15) is 4.79 Å². The number of piperidine rings is 3. The fourth-order valence-corrected chi connectivity index (χ4v) is 4.05. The molecule has 1 aromatic carbocycles. The van der Waals surface area contributed by atoms with Gasteiger partial charge in [-0.05, 0) is 50.0 Å². The summed E-state index contributed by atoms with van der Waals surface area (Å²) in [6.45, 7) is 3.25. The number of aromatic nitrogens is 3. The number of hydrogen-bond donors (Lipinski definition) is 2. The van der Waals surface area contributed by atoms with Crippen molar-refractivity contribution in [3.63, 3.8) is 0 Å². The number of oxazole rings is 1. The second kappa shape index (κ2) is 5.70. The predicted octanol–water partition coefficient (Wildman–Crippen LogP) is 2.04. The van der Waals surface area contributed by atoms with E-state index in [-0.39, 0.29) is 11.9 Å². The lowest BCUT2D eigenvalue weighted by Crippen LogP contribution is -2.57. The van der Waals surface area contributed by atoms with Crippen molar-refractivity contribution in [3.05, 3.63) is 36.4 Å². The van der Waals surface area contributed by atoms with E-state index in [1.54, 1.807) is 6.20 Å². The molecule has 1 amide bonds. The van der Waals surface area contributed by atoms with Gasteiger partial charge in [-0.25, -0.2) is 4.98 Å². The zero-order valence-corrected chi connectivity index (χ0v) is 13.7. The molecule has 1 atom stereocenters. The molecule has 5 heterocycles. The number of H-pyrrole nitrogens is 1. The molecular formula is C18H19N5O2. The minimum absolute atomic E-state index is 0.116. The fourth-order valence-electron chi connectivity index (χ4n) is 4.05. The van der Waals surface area contributed by atoms with Crippen LogP contribution in [-0.4, -0.2) is 51.7 Å². The van der Waals surface area contributed by atoms with Gasteiger partial charge in [-0.15, -0.1) is 0 Å². The van der Waals surface area contributed by atoms with E-state index >= 15 is 0 Å². The lowest BCUT2D eigenvalue weighted by Gasteiger charge is -2.44. The summed E-state index contributed by atoms with van der Waals surface area (Å²) in [5.74, 6) is 1.00. The van der Waals surface area contributed by atoms with Crippen LogP contribution in [0.1, 0.15) is 23.3 Å². The van der Waals surface area contributed by atoms with E-state index < -0.39 is 0 Å². The average molecular weight is 337 g/mol. The molecule has 3 aromatic rings. The molecular weight excluding hydrogens is 318 g/mol. The van der Waals surface area contributed by atoms with Gasteiger partial charge in [0.05, 0.1) is 11.7 Å². The summed E-state index contributed by atoms with van der Waals surface area (Å²) in [5, 5.41) is 11.2. The summed E-state index contributed by atoms with van der Waals surface area (Å²) in [6.07, 6.45) is 5.48. The molecule has 2 aromatic heterocycles. The van der Waals surface area contributed by atoms with Crippen molar-refractivity contribution in [1.29, 1.82) is 0 Å². The van der Waals surface area contributed by atoms with Gasteiger partial charge in [0, 0.05) is 23.5 Å². The van der Waals surface area contributed by atoms with Gasteiger partial charge in [0.15, 0.2) is 5.69 Å². The molecule has 3 aliphatic rings. The summed E-state index contributed by atoms with van der Waals surface area (Å²) < 4.78 is 5.35. The van der Waals surface area contributed by atoms with Crippen LogP contribution in [0.3, 0.4) is 0 Å². The number of carbonyl (C=O) groups is 1. The predicted molar refractivity (Wildman–Crippen MR) is 92.0 cm³/mol. The second-order valence-corrected chi connectivity index (χ2v) is 6.89. The molecule has 0 aliphatic carbocycles. The molecule has 25 heavy (non-hydrogen) atoms. The topological polar surface area (TPSA) is 87.0 Å². The van der Waals surface area contributed by atoms with Gasteiger partial charge >= 0.3 is 0 Å². The van der Waals surface area contributed by atoms with Crippen LogP contribution < -0.4 is 5.32 Å².